The highest BCUT2D eigenvalue weighted by molar-refractivity contribution is 5.81. The third-order valence-corrected chi connectivity index (χ3v) is 2.53. The number of hydrogen-bond acceptors (Lipinski definition) is 6. The molecule has 1 amide bonds. The van der Waals surface area contributed by atoms with Gasteiger partial charge in [-0.1, -0.05) is 0 Å². The van der Waals surface area contributed by atoms with Crippen molar-refractivity contribution in [1.82, 2.24) is 15.1 Å². The fourth-order valence-corrected chi connectivity index (χ4v) is 1.59. The molecular formula is C13H22N4O4. The molecule has 1 aromatic rings. The van der Waals surface area contributed by atoms with Crippen molar-refractivity contribution in [3.8, 4) is 0 Å². The molecule has 0 bridgehead atoms. The molecule has 0 spiro atoms. The molecule has 0 radical (unpaired) electrons. The largest absolute Gasteiger partial charge is 0.467 e. The molecule has 1 aromatic heterocycles. The maximum absolute atomic E-state index is 11.8. The Balaban J connectivity index is 2.77. The van der Waals surface area contributed by atoms with Crippen LogP contribution < -0.4 is 11.1 Å². The molecule has 21 heavy (non-hydrogen) atoms. The van der Waals surface area contributed by atoms with Gasteiger partial charge in [0.15, 0.2) is 0 Å². The lowest BCUT2D eigenvalue weighted by atomic mass is 10.2. The summed E-state index contributed by atoms with van der Waals surface area (Å²) >= 11 is 0. The Hall–Kier alpha value is -2.25. The fraction of sp³-hybridized carbons (Fsp3) is 0.615. The number of aromatic nitrogens is 2. The summed E-state index contributed by atoms with van der Waals surface area (Å²) in [6, 6.07) is -0.913. The standard InChI is InChI=1S/C13H22N4O4/c1-8-9(14)6-17(16-8)7-10(11(18)20-5)15-12(19)21-13(2,3)4/h6,10H,7,14H2,1-5H3,(H,15,19)/t10-/m0/s1. The molecule has 0 aliphatic heterocycles. The number of carbonyl (C=O) groups excluding carboxylic acids is 2. The van der Waals surface area contributed by atoms with E-state index in [1.165, 1.54) is 11.8 Å². The van der Waals surface area contributed by atoms with Crippen LogP contribution in [0.4, 0.5) is 10.5 Å². The number of carbonyl (C=O) groups is 2. The second kappa shape index (κ2) is 6.47. The Kier molecular flexibility index (Phi) is 5.17. The van der Waals surface area contributed by atoms with Crippen LogP contribution in [0.3, 0.4) is 0 Å². The predicted molar refractivity (Wildman–Crippen MR) is 76.6 cm³/mol. The molecule has 8 nitrogen and oxygen atoms in total. The van der Waals surface area contributed by atoms with E-state index in [-0.39, 0.29) is 6.54 Å². The Morgan fingerprint density at radius 1 is 1.48 bits per heavy atom. The first-order chi connectivity index (χ1) is 9.62. The first-order valence-corrected chi connectivity index (χ1v) is 6.49. The number of rotatable bonds is 4. The van der Waals surface area contributed by atoms with Crippen molar-refractivity contribution in [3.05, 3.63) is 11.9 Å². The molecule has 0 aliphatic carbocycles. The van der Waals surface area contributed by atoms with Crippen molar-refractivity contribution in [2.45, 2.75) is 45.9 Å². The van der Waals surface area contributed by atoms with E-state index in [0.29, 0.717) is 11.4 Å². The van der Waals surface area contributed by atoms with E-state index in [1.54, 1.807) is 33.9 Å². The SMILES string of the molecule is COC(=O)[C@H](Cn1cc(N)c(C)n1)NC(=O)OC(C)(C)C. The van der Waals surface area contributed by atoms with E-state index in [9.17, 15) is 9.59 Å². The van der Waals surface area contributed by atoms with Gasteiger partial charge < -0.3 is 20.5 Å². The first-order valence-electron chi connectivity index (χ1n) is 6.49. The number of nitrogens with two attached hydrogens (primary N) is 1. The topological polar surface area (TPSA) is 108 Å². The number of amides is 1. The molecule has 0 saturated carbocycles. The zero-order valence-electron chi connectivity index (χ0n) is 13.0. The van der Waals surface area contributed by atoms with Crippen LogP contribution in [0.15, 0.2) is 6.20 Å². The van der Waals surface area contributed by atoms with Gasteiger partial charge in [0, 0.05) is 6.20 Å². The second-order valence-electron chi connectivity index (χ2n) is 5.61. The maximum Gasteiger partial charge on any atom is 0.408 e. The van der Waals surface area contributed by atoms with Gasteiger partial charge in [0.05, 0.1) is 25.0 Å². The molecule has 118 valence electrons. The van der Waals surface area contributed by atoms with Gasteiger partial charge in [0.25, 0.3) is 0 Å². The minimum atomic E-state index is -0.913. The van der Waals surface area contributed by atoms with Gasteiger partial charge in [0.1, 0.15) is 11.6 Å². The van der Waals surface area contributed by atoms with Crippen LogP contribution in [0.25, 0.3) is 0 Å². The number of nitrogens with zero attached hydrogens (tertiary/aromatic N) is 2. The molecule has 0 saturated heterocycles. The van der Waals surface area contributed by atoms with Crippen LogP contribution >= 0.6 is 0 Å². The third kappa shape index (κ3) is 5.33. The van der Waals surface area contributed by atoms with Crippen LogP contribution in [0.1, 0.15) is 26.5 Å². The summed E-state index contributed by atoms with van der Waals surface area (Å²) in [5.41, 5.74) is 6.20. The highest BCUT2D eigenvalue weighted by Crippen LogP contribution is 2.09. The van der Waals surface area contributed by atoms with Gasteiger partial charge in [-0.15, -0.1) is 0 Å². The van der Waals surface area contributed by atoms with Gasteiger partial charge in [-0.3, -0.25) is 4.68 Å². The fourth-order valence-electron chi connectivity index (χ4n) is 1.59. The van der Waals surface area contributed by atoms with Crippen LogP contribution in [0.5, 0.6) is 0 Å². The second-order valence-corrected chi connectivity index (χ2v) is 5.61. The average Bonchev–Trinajstić information content (AvgIpc) is 2.64. The zero-order chi connectivity index (χ0) is 16.2. The van der Waals surface area contributed by atoms with Crippen molar-refractivity contribution in [3.63, 3.8) is 0 Å². The van der Waals surface area contributed by atoms with Gasteiger partial charge in [-0.05, 0) is 27.7 Å². The van der Waals surface area contributed by atoms with Crippen molar-refractivity contribution in [2.75, 3.05) is 12.8 Å². The number of methoxy groups -OCH3 is 1. The highest BCUT2D eigenvalue weighted by Gasteiger charge is 2.25. The number of alkyl carbamates (subject to hydrolysis) is 1. The molecule has 8 heteroatoms. The minimum Gasteiger partial charge on any atom is -0.467 e. The molecule has 1 rings (SSSR count). The lowest BCUT2D eigenvalue weighted by molar-refractivity contribution is -0.143. The van der Waals surface area contributed by atoms with Crippen LogP contribution in [-0.2, 0) is 20.8 Å². The summed E-state index contributed by atoms with van der Waals surface area (Å²) in [7, 11) is 1.24. The van der Waals surface area contributed by atoms with Crippen molar-refractivity contribution in [2.24, 2.45) is 0 Å². The Labute approximate surface area is 123 Å². The molecule has 0 fully saturated rings. The van der Waals surface area contributed by atoms with Gasteiger partial charge >= 0.3 is 12.1 Å². The summed E-state index contributed by atoms with van der Waals surface area (Å²) in [5.74, 6) is -0.590. The molecular weight excluding hydrogens is 276 g/mol. The summed E-state index contributed by atoms with van der Waals surface area (Å²) in [6.45, 7) is 7.05. The summed E-state index contributed by atoms with van der Waals surface area (Å²) in [6.07, 6.45) is 0.886. The van der Waals surface area contributed by atoms with Crippen LogP contribution in [0.2, 0.25) is 0 Å². The number of anilines is 1. The van der Waals surface area contributed by atoms with E-state index in [2.05, 4.69) is 15.2 Å². The summed E-state index contributed by atoms with van der Waals surface area (Å²) < 4.78 is 11.3. The number of nitrogens with one attached hydrogen (secondary N) is 1. The van der Waals surface area contributed by atoms with Crippen molar-refractivity contribution < 1.29 is 19.1 Å². The Bertz CT molecular complexity index is 499. The predicted octanol–water partition coefficient (Wildman–Crippen LogP) is 0.840. The van der Waals surface area contributed by atoms with E-state index < -0.39 is 23.7 Å². The summed E-state index contributed by atoms with van der Waals surface area (Å²) in [5, 5.41) is 6.60. The Morgan fingerprint density at radius 3 is 2.52 bits per heavy atom. The normalized spacial score (nSPS) is 12.6. The number of esters is 1. The Morgan fingerprint density at radius 2 is 2.10 bits per heavy atom. The van der Waals surface area contributed by atoms with Crippen molar-refractivity contribution >= 4 is 17.7 Å². The third-order valence-electron chi connectivity index (χ3n) is 2.53. The quantitative estimate of drug-likeness (QED) is 0.797. The highest BCUT2D eigenvalue weighted by atomic mass is 16.6. The van der Waals surface area contributed by atoms with Crippen LogP contribution in [0, 0.1) is 6.92 Å². The van der Waals surface area contributed by atoms with Crippen LogP contribution in [-0.4, -0.2) is 40.6 Å². The zero-order valence-corrected chi connectivity index (χ0v) is 13.0. The van der Waals surface area contributed by atoms with E-state index >= 15 is 0 Å². The first kappa shape index (κ1) is 16.8. The molecule has 0 unspecified atom stereocenters. The average molecular weight is 298 g/mol. The van der Waals surface area contributed by atoms with E-state index in [0.717, 1.165) is 0 Å². The maximum atomic E-state index is 11.8. The number of hydrogen-bond donors (Lipinski definition) is 2. The lowest BCUT2D eigenvalue weighted by Gasteiger charge is -2.22. The minimum absolute atomic E-state index is 0.101. The summed E-state index contributed by atoms with van der Waals surface area (Å²) in [4.78, 5) is 23.5. The smallest absolute Gasteiger partial charge is 0.408 e. The van der Waals surface area contributed by atoms with Crippen molar-refractivity contribution in [1.29, 1.82) is 0 Å². The monoisotopic (exact) mass is 298 g/mol. The van der Waals surface area contributed by atoms with Gasteiger partial charge in [0.2, 0.25) is 0 Å². The number of aryl methyl sites for hydroxylation is 1. The molecule has 1 heterocycles. The number of ether oxygens (including phenoxy) is 2. The molecule has 0 aliphatic rings. The molecule has 0 aromatic carbocycles. The lowest BCUT2D eigenvalue weighted by Crippen LogP contribution is -2.46. The molecule has 3 N–H and O–H groups in total. The molecule has 1 atom stereocenters. The van der Waals surface area contributed by atoms with E-state index in [4.69, 9.17) is 10.5 Å². The van der Waals surface area contributed by atoms with Gasteiger partial charge in [-0.25, -0.2) is 9.59 Å². The van der Waals surface area contributed by atoms with Gasteiger partial charge in [-0.2, -0.15) is 5.10 Å². The number of nitrogen functional groups attached to an aromatic ring is 1. The van der Waals surface area contributed by atoms with E-state index in [1.807, 2.05) is 0 Å².